The summed E-state index contributed by atoms with van der Waals surface area (Å²) >= 11 is 0. The third-order valence-electron chi connectivity index (χ3n) is 27.0. The van der Waals surface area contributed by atoms with Crippen molar-refractivity contribution in [3.05, 3.63) is 516 Å². The van der Waals surface area contributed by atoms with Crippen molar-refractivity contribution in [2.24, 2.45) is 0 Å². The van der Waals surface area contributed by atoms with Gasteiger partial charge in [-0.3, -0.25) is 0 Å². The molecule has 0 aliphatic carbocycles. The Bertz CT molecular complexity index is 9320. The minimum Gasteiger partial charge on any atom is -0.208 e. The summed E-state index contributed by atoms with van der Waals surface area (Å²) in [6, 6.07) is 181. The molecule has 3 aromatic heterocycles. The molecule has 0 N–H and O–H groups in total. The van der Waals surface area contributed by atoms with Gasteiger partial charge in [-0.05, 0) is 224 Å². The second kappa shape index (κ2) is 37.2. The highest BCUT2D eigenvalue weighted by atomic mass is 15.1. The number of nitrogens with zero attached hydrogens (tertiary/aromatic N) is 9. The van der Waals surface area contributed by atoms with E-state index in [0.29, 0.717) is 52.4 Å². The van der Waals surface area contributed by atoms with Crippen molar-refractivity contribution < 1.29 is 0 Å². The predicted molar refractivity (Wildman–Crippen MR) is 591 cm³/mol. The van der Waals surface area contributed by atoms with Crippen molar-refractivity contribution in [2.75, 3.05) is 0 Å². The van der Waals surface area contributed by atoms with Crippen LogP contribution in [0.15, 0.2) is 516 Å². The average Bonchev–Trinajstić information content (AvgIpc) is 0.745. The molecule has 0 amide bonds. The first-order valence-electron chi connectivity index (χ1n) is 47.9. The van der Waals surface area contributed by atoms with E-state index in [4.69, 9.17) is 44.9 Å². The van der Waals surface area contributed by atoms with Gasteiger partial charge in [0, 0.05) is 50.1 Å². The molecule has 0 saturated heterocycles. The van der Waals surface area contributed by atoms with Gasteiger partial charge in [0.05, 0.1) is 0 Å². The molecule has 9 heteroatoms. The first-order valence-corrected chi connectivity index (χ1v) is 47.9. The van der Waals surface area contributed by atoms with Crippen LogP contribution in [0.25, 0.3) is 266 Å². The van der Waals surface area contributed by atoms with Crippen LogP contribution in [0, 0.1) is 0 Å². The standard InChI is InChI=1S/2C45H29N3.C43H27N3/c1-4-14-30(15-5-1)34-26-35(33-24-25-41-39-22-11-10-20-37(39)38-21-12-13-23-40(38)42(41)29-33)28-36(27-34)45-47-43(31-16-6-2-7-17-31)46-44(48-45)32-18-8-3-9-19-32;1-3-13-30(14-4-1)32-17-11-19-35(27-32)44-46-43(31-15-5-2-6-16-31)47-45(48-44)36-20-12-18-33(28-36)34-25-26-41-39-23-8-7-21-37(39)38-22-9-10-24-40(38)42(41)29-34;1-2-12-29(13-3-1)41-44-42(46-43(45-41)34-22-21-28-11-4-5-14-30(28)25-34)33-16-10-15-31(26-33)32-23-24-39-37-19-7-6-17-35(37)36-18-8-9-20-38(36)40(39)27-32/h2*1-29H;1-27H. The zero-order chi connectivity index (χ0) is 94.2. The van der Waals surface area contributed by atoms with E-state index >= 15 is 0 Å². The largest absolute Gasteiger partial charge is 0.208 e. The Labute approximate surface area is 820 Å². The first-order chi connectivity index (χ1) is 70.3. The fraction of sp³-hybridized carbons (Fsp3) is 0. The molecule has 0 atom stereocenters. The Hall–Kier alpha value is -19.1. The van der Waals surface area contributed by atoms with Crippen LogP contribution in [-0.2, 0) is 0 Å². The lowest BCUT2D eigenvalue weighted by Crippen LogP contribution is -2.00. The SMILES string of the molecule is c1ccc(-c2cc(-c3ccc4c5ccccc5c5ccccc5c4c3)cc(-c3nc(-c4ccccc4)nc(-c4ccccc4)n3)c2)cc1.c1ccc(-c2cccc(-c3nc(-c4ccccc4)nc(-c4cccc(-c5ccc6c7ccccc7c7ccccc7c6c5)c4)n3)c2)cc1.c1ccc(-c2nc(-c3cccc(-c4ccc5c6ccccc6c6ccccc6c5c4)c3)nc(-c3ccc4ccccc4c3)n2)cc1. The van der Waals surface area contributed by atoms with Gasteiger partial charge >= 0.3 is 0 Å². The maximum atomic E-state index is 5.07. The van der Waals surface area contributed by atoms with Crippen molar-refractivity contribution in [3.8, 4) is 158 Å². The lowest BCUT2D eigenvalue weighted by molar-refractivity contribution is 1.07. The minimum absolute atomic E-state index is 0.638. The highest BCUT2D eigenvalue weighted by molar-refractivity contribution is 6.28. The summed E-state index contributed by atoms with van der Waals surface area (Å²) in [6.45, 7) is 0. The summed E-state index contributed by atoms with van der Waals surface area (Å²) in [5.74, 6) is 5.83. The van der Waals surface area contributed by atoms with Crippen molar-refractivity contribution in [2.45, 2.75) is 0 Å². The molecule has 142 heavy (non-hydrogen) atoms. The van der Waals surface area contributed by atoms with Crippen LogP contribution in [0.2, 0.25) is 0 Å². The van der Waals surface area contributed by atoms with Gasteiger partial charge in [-0.2, -0.15) is 0 Å². The van der Waals surface area contributed by atoms with Gasteiger partial charge in [-0.15, -0.1) is 0 Å². The molecule has 0 bridgehead atoms. The number of benzene rings is 24. The Morgan fingerprint density at radius 3 is 0.549 bits per heavy atom. The van der Waals surface area contributed by atoms with E-state index in [2.05, 4.69) is 388 Å². The van der Waals surface area contributed by atoms with Gasteiger partial charge in [0.1, 0.15) is 0 Å². The van der Waals surface area contributed by atoms with Gasteiger partial charge in [0.2, 0.25) is 0 Å². The van der Waals surface area contributed by atoms with E-state index in [1.807, 2.05) is 127 Å². The molecule has 662 valence electrons. The molecule has 0 saturated carbocycles. The van der Waals surface area contributed by atoms with E-state index in [9.17, 15) is 0 Å². The van der Waals surface area contributed by atoms with Crippen LogP contribution in [0.3, 0.4) is 0 Å². The summed E-state index contributed by atoms with van der Waals surface area (Å²) in [7, 11) is 0. The molecule has 0 aliphatic rings. The highest BCUT2D eigenvalue weighted by Crippen LogP contribution is 2.45. The number of hydrogen-bond donors (Lipinski definition) is 0. The van der Waals surface area contributed by atoms with E-state index in [-0.39, 0.29) is 0 Å². The highest BCUT2D eigenvalue weighted by Gasteiger charge is 2.22. The fourth-order valence-corrected chi connectivity index (χ4v) is 20.1. The molecule has 0 spiro atoms. The topological polar surface area (TPSA) is 116 Å². The van der Waals surface area contributed by atoms with Crippen molar-refractivity contribution in [1.82, 2.24) is 44.9 Å². The molecular formula is C133H85N9. The monoisotopic (exact) mass is 1810 g/mol. The Balaban J connectivity index is 0.000000112. The molecule has 9 nitrogen and oxygen atoms in total. The van der Waals surface area contributed by atoms with Crippen LogP contribution in [0.1, 0.15) is 0 Å². The fourth-order valence-electron chi connectivity index (χ4n) is 20.1. The third kappa shape index (κ3) is 16.6. The van der Waals surface area contributed by atoms with Gasteiger partial charge in [-0.1, -0.05) is 455 Å². The maximum Gasteiger partial charge on any atom is 0.164 e. The molecule has 0 aliphatic heterocycles. The molecular weight excluding hydrogens is 1720 g/mol. The van der Waals surface area contributed by atoms with Crippen molar-refractivity contribution >= 4 is 108 Å². The number of hydrogen-bond acceptors (Lipinski definition) is 9. The summed E-state index contributed by atoms with van der Waals surface area (Å²) < 4.78 is 0. The Morgan fingerprint density at radius 2 is 0.246 bits per heavy atom. The Morgan fingerprint density at radius 1 is 0.0775 bits per heavy atom. The molecule has 27 aromatic rings. The second-order valence-electron chi connectivity index (χ2n) is 35.8. The number of aromatic nitrogens is 9. The third-order valence-corrected chi connectivity index (χ3v) is 27.0. The zero-order valence-corrected chi connectivity index (χ0v) is 77.1. The van der Waals surface area contributed by atoms with Crippen LogP contribution in [-0.4, -0.2) is 44.9 Å². The van der Waals surface area contributed by atoms with E-state index in [1.54, 1.807) is 0 Å². The van der Waals surface area contributed by atoms with Gasteiger partial charge in [0.15, 0.2) is 52.4 Å². The number of fused-ring (bicyclic) bond motifs is 19. The lowest BCUT2D eigenvalue weighted by atomic mass is 9.90. The van der Waals surface area contributed by atoms with Gasteiger partial charge < -0.3 is 0 Å². The van der Waals surface area contributed by atoms with Gasteiger partial charge in [-0.25, -0.2) is 44.9 Å². The molecule has 27 rings (SSSR count). The van der Waals surface area contributed by atoms with E-state index < -0.39 is 0 Å². The second-order valence-corrected chi connectivity index (χ2v) is 35.8. The van der Waals surface area contributed by atoms with Crippen molar-refractivity contribution in [3.63, 3.8) is 0 Å². The molecule has 0 radical (unpaired) electrons. The predicted octanol–water partition coefficient (Wildman–Crippen LogP) is 34.5. The van der Waals surface area contributed by atoms with Crippen LogP contribution >= 0.6 is 0 Å². The lowest BCUT2D eigenvalue weighted by Gasteiger charge is -2.14. The molecule has 24 aromatic carbocycles. The van der Waals surface area contributed by atoms with Crippen LogP contribution in [0.5, 0.6) is 0 Å². The first kappa shape index (κ1) is 84.6. The van der Waals surface area contributed by atoms with E-state index in [0.717, 1.165) is 111 Å². The smallest absolute Gasteiger partial charge is 0.164 e. The summed E-state index contributed by atoms with van der Waals surface area (Å²) in [4.78, 5) is 45.1. The number of rotatable bonds is 14. The van der Waals surface area contributed by atoms with E-state index in [1.165, 1.54) is 102 Å². The quantitative estimate of drug-likeness (QED) is 0.0981. The maximum absolute atomic E-state index is 5.07. The summed E-state index contributed by atoms with van der Waals surface area (Å²) in [5, 5.41) is 25.1. The molecule has 0 unspecified atom stereocenters. The van der Waals surface area contributed by atoms with Crippen molar-refractivity contribution in [1.29, 1.82) is 0 Å². The average molecular weight is 1810 g/mol. The minimum atomic E-state index is 0.638. The molecule has 0 fully saturated rings. The molecule has 3 heterocycles. The summed E-state index contributed by atoms with van der Waals surface area (Å²) in [5.41, 5.74) is 19.8. The van der Waals surface area contributed by atoms with Gasteiger partial charge in [0.25, 0.3) is 0 Å². The van der Waals surface area contributed by atoms with Crippen LogP contribution in [0.4, 0.5) is 0 Å². The zero-order valence-electron chi connectivity index (χ0n) is 77.1. The normalized spacial score (nSPS) is 11.4. The summed E-state index contributed by atoms with van der Waals surface area (Å²) in [6.07, 6.45) is 0. The van der Waals surface area contributed by atoms with Crippen LogP contribution < -0.4 is 0 Å². The Kier molecular flexibility index (Phi) is 22.2.